The first-order valence-electron chi connectivity index (χ1n) is 6.09. The van der Waals surface area contributed by atoms with E-state index in [0.717, 1.165) is 12.0 Å². The van der Waals surface area contributed by atoms with E-state index in [0.29, 0.717) is 0 Å². The molecule has 2 unspecified atom stereocenters. The second-order valence-electron chi connectivity index (χ2n) is 4.69. The molecule has 1 fully saturated rings. The van der Waals surface area contributed by atoms with Crippen molar-refractivity contribution in [3.8, 4) is 0 Å². The van der Waals surface area contributed by atoms with Crippen molar-refractivity contribution in [2.45, 2.75) is 12.3 Å². The van der Waals surface area contributed by atoms with Crippen molar-refractivity contribution < 1.29 is 19.1 Å². The van der Waals surface area contributed by atoms with E-state index in [-0.39, 0.29) is 29.1 Å². The first-order valence-corrected chi connectivity index (χ1v) is 6.09. The summed E-state index contributed by atoms with van der Waals surface area (Å²) in [5.41, 5.74) is 1.14. The summed E-state index contributed by atoms with van der Waals surface area (Å²) in [6.07, 6.45) is 0.798. The number of carboxylic acid groups (broad SMARTS) is 1. The monoisotopic (exact) mass is 256 g/mol. The van der Waals surface area contributed by atoms with Gasteiger partial charge in [0, 0.05) is 5.92 Å². The molecule has 1 heterocycles. The van der Waals surface area contributed by atoms with Gasteiger partial charge in [-0.05, 0) is 30.0 Å². The molecule has 1 saturated carbocycles. The van der Waals surface area contributed by atoms with Crippen LogP contribution in [0.3, 0.4) is 0 Å². The zero-order chi connectivity index (χ0) is 13.4. The molecule has 0 amide bonds. The molecule has 0 aliphatic heterocycles. The molecule has 0 spiro atoms. The van der Waals surface area contributed by atoms with E-state index in [1.54, 1.807) is 0 Å². The van der Waals surface area contributed by atoms with E-state index in [1.165, 1.54) is 12.1 Å². The number of hydrogen-bond acceptors (Lipinski definition) is 3. The van der Waals surface area contributed by atoms with Gasteiger partial charge in [-0.1, -0.05) is 30.3 Å². The molecule has 19 heavy (non-hydrogen) atoms. The summed E-state index contributed by atoms with van der Waals surface area (Å²) in [5, 5.41) is 8.76. The standard InChI is InChI=1S/C15H12O4/c16-14(12-6-7-13(19-12)15(17)18)11-8-10(11)9-4-2-1-3-5-9/h1-7,10-11H,8H2,(H,17,18). The van der Waals surface area contributed by atoms with Crippen LogP contribution in [0.25, 0.3) is 0 Å². The van der Waals surface area contributed by atoms with Crippen molar-refractivity contribution in [3.05, 3.63) is 59.5 Å². The topological polar surface area (TPSA) is 67.5 Å². The zero-order valence-corrected chi connectivity index (χ0v) is 10.1. The lowest BCUT2D eigenvalue weighted by Crippen LogP contribution is -2.02. The van der Waals surface area contributed by atoms with Gasteiger partial charge in [-0.15, -0.1) is 0 Å². The van der Waals surface area contributed by atoms with Gasteiger partial charge in [-0.2, -0.15) is 0 Å². The van der Waals surface area contributed by atoms with Gasteiger partial charge in [0.25, 0.3) is 0 Å². The molecule has 2 aromatic rings. The maximum atomic E-state index is 12.1. The third-order valence-corrected chi connectivity index (χ3v) is 3.41. The lowest BCUT2D eigenvalue weighted by atomic mass is 10.1. The summed E-state index contributed by atoms with van der Waals surface area (Å²) in [5.74, 6) is -1.18. The second kappa shape index (κ2) is 4.39. The largest absolute Gasteiger partial charge is 0.475 e. The predicted molar refractivity (Wildman–Crippen MR) is 67.3 cm³/mol. The van der Waals surface area contributed by atoms with Gasteiger partial charge in [-0.25, -0.2) is 4.79 Å². The average Bonchev–Trinajstić information content (AvgIpc) is 3.06. The summed E-state index contributed by atoms with van der Waals surface area (Å²) < 4.78 is 5.04. The van der Waals surface area contributed by atoms with E-state index >= 15 is 0 Å². The molecule has 1 aliphatic rings. The molecule has 1 N–H and O–H groups in total. The van der Waals surface area contributed by atoms with Crippen LogP contribution >= 0.6 is 0 Å². The van der Waals surface area contributed by atoms with Crippen LogP contribution in [0.2, 0.25) is 0 Å². The Kier molecular flexibility index (Phi) is 2.71. The minimum atomic E-state index is -1.16. The van der Waals surface area contributed by atoms with Gasteiger partial charge < -0.3 is 9.52 Å². The molecule has 1 aromatic heterocycles. The highest BCUT2D eigenvalue weighted by Crippen LogP contribution is 2.49. The van der Waals surface area contributed by atoms with Crippen molar-refractivity contribution in [3.63, 3.8) is 0 Å². The fourth-order valence-corrected chi connectivity index (χ4v) is 2.32. The summed E-state index contributed by atoms with van der Waals surface area (Å²) in [6.45, 7) is 0. The molecular formula is C15H12O4. The summed E-state index contributed by atoms with van der Waals surface area (Å²) >= 11 is 0. The normalized spacial score (nSPS) is 21.1. The quantitative estimate of drug-likeness (QED) is 0.854. The van der Waals surface area contributed by atoms with Crippen molar-refractivity contribution in [2.75, 3.05) is 0 Å². The lowest BCUT2D eigenvalue weighted by molar-refractivity contribution is 0.0659. The number of Topliss-reactive ketones (excluding diaryl/α,β-unsaturated/α-hetero) is 1. The minimum absolute atomic E-state index is 0.0878. The predicted octanol–water partition coefficient (Wildman–Crippen LogP) is 2.96. The number of hydrogen-bond donors (Lipinski definition) is 1. The number of ketones is 1. The van der Waals surface area contributed by atoms with E-state index in [4.69, 9.17) is 9.52 Å². The summed E-state index contributed by atoms with van der Waals surface area (Å²) in [4.78, 5) is 22.8. The fourth-order valence-electron chi connectivity index (χ4n) is 2.32. The third-order valence-electron chi connectivity index (χ3n) is 3.41. The van der Waals surface area contributed by atoms with Crippen LogP contribution < -0.4 is 0 Å². The van der Waals surface area contributed by atoms with E-state index in [9.17, 15) is 9.59 Å². The number of carbonyl (C=O) groups excluding carboxylic acids is 1. The van der Waals surface area contributed by atoms with Crippen molar-refractivity contribution in [2.24, 2.45) is 5.92 Å². The molecule has 1 aromatic carbocycles. The Morgan fingerprint density at radius 2 is 1.74 bits per heavy atom. The van der Waals surface area contributed by atoms with Gasteiger partial charge in [0.1, 0.15) is 0 Å². The number of carbonyl (C=O) groups is 2. The maximum Gasteiger partial charge on any atom is 0.371 e. The summed E-state index contributed by atoms with van der Waals surface area (Å²) in [7, 11) is 0. The minimum Gasteiger partial charge on any atom is -0.475 e. The Morgan fingerprint density at radius 3 is 2.37 bits per heavy atom. The number of benzene rings is 1. The Balaban J connectivity index is 1.74. The van der Waals surface area contributed by atoms with Gasteiger partial charge >= 0.3 is 5.97 Å². The van der Waals surface area contributed by atoms with E-state index in [2.05, 4.69) is 0 Å². The van der Waals surface area contributed by atoms with E-state index in [1.807, 2.05) is 30.3 Å². The van der Waals surface area contributed by atoms with Crippen LogP contribution in [0, 0.1) is 5.92 Å². The second-order valence-corrected chi connectivity index (χ2v) is 4.69. The molecule has 0 radical (unpaired) electrons. The van der Waals surface area contributed by atoms with Crippen molar-refractivity contribution >= 4 is 11.8 Å². The van der Waals surface area contributed by atoms with Gasteiger partial charge in [0.2, 0.25) is 11.5 Å². The molecule has 0 bridgehead atoms. The average molecular weight is 256 g/mol. The number of aromatic carboxylic acids is 1. The third kappa shape index (κ3) is 2.17. The molecule has 3 rings (SSSR count). The summed E-state index contributed by atoms with van der Waals surface area (Å²) in [6, 6.07) is 12.6. The Bertz CT molecular complexity index is 627. The van der Waals surface area contributed by atoms with Crippen LogP contribution in [-0.4, -0.2) is 16.9 Å². The first-order chi connectivity index (χ1) is 9.16. The number of rotatable bonds is 4. The smallest absolute Gasteiger partial charge is 0.371 e. The van der Waals surface area contributed by atoms with E-state index < -0.39 is 5.97 Å². The lowest BCUT2D eigenvalue weighted by Gasteiger charge is -1.98. The van der Waals surface area contributed by atoms with Crippen molar-refractivity contribution in [1.29, 1.82) is 0 Å². The Hall–Kier alpha value is -2.36. The highest BCUT2D eigenvalue weighted by atomic mass is 16.4. The highest BCUT2D eigenvalue weighted by Gasteiger charge is 2.45. The molecule has 4 heteroatoms. The fraction of sp³-hybridized carbons (Fsp3) is 0.200. The zero-order valence-electron chi connectivity index (χ0n) is 10.1. The van der Waals surface area contributed by atoms with Crippen LogP contribution in [0.1, 0.15) is 39.0 Å². The first kappa shape index (κ1) is 11.7. The van der Waals surface area contributed by atoms with Crippen LogP contribution in [0.5, 0.6) is 0 Å². The molecule has 4 nitrogen and oxygen atoms in total. The Labute approximate surface area is 109 Å². The molecule has 96 valence electrons. The van der Waals surface area contributed by atoms with Gasteiger partial charge in [-0.3, -0.25) is 4.79 Å². The van der Waals surface area contributed by atoms with Gasteiger partial charge in [0.15, 0.2) is 5.76 Å². The molecular weight excluding hydrogens is 244 g/mol. The molecule has 1 aliphatic carbocycles. The van der Waals surface area contributed by atoms with Gasteiger partial charge in [0.05, 0.1) is 0 Å². The number of carboxylic acids is 1. The van der Waals surface area contributed by atoms with Crippen LogP contribution in [0.4, 0.5) is 0 Å². The number of furan rings is 1. The highest BCUT2D eigenvalue weighted by molar-refractivity contribution is 5.99. The molecule has 2 atom stereocenters. The van der Waals surface area contributed by atoms with Crippen molar-refractivity contribution in [1.82, 2.24) is 0 Å². The Morgan fingerprint density at radius 1 is 1.05 bits per heavy atom. The molecule has 0 saturated heterocycles. The SMILES string of the molecule is O=C(O)c1ccc(C(=O)C2CC2c2ccccc2)o1. The van der Waals surface area contributed by atoms with Crippen LogP contribution in [0.15, 0.2) is 46.9 Å². The van der Waals surface area contributed by atoms with Crippen LogP contribution in [-0.2, 0) is 0 Å². The maximum absolute atomic E-state index is 12.1.